The molecule has 12 heavy (non-hydrogen) atoms. The number of thioether (sulfide) groups is 1. The second-order valence-corrected chi connectivity index (χ2v) is 3.52. The maximum absolute atomic E-state index is 11.0. The van der Waals surface area contributed by atoms with Crippen LogP contribution in [0.2, 0.25) is 0 Å². The number of nitrogens with zero attached hydrogens (tertiary/aromatic N) is 1. The van der Waals surface area contributed by atoms with Gasteiger partial charge in [-0.3, -0.25) is 14.5 Å². The lowest BCUT2D eigenvalue weighted by atomic mass is 10.3. The fourth-order valence-electron chi connectivity index (χ4n) is 1.01. The molecule has 0 unspecified atom stereocenters. The van der Waals surface area contributed by atoms with Gasteiger partial charge in [0.25, 0.3) is 5.24 Å². The molecule has 0 aliphatic carbocycles. The molecule has 5 heteroatoms. The van der Waals surface area contributed by atoms with Gasteiger partial charge in [-0.2, -0.15) is 0 Å². The van der Waals surface area contributed by atoms with E-state index < -0.39 is 0 Å². The lowest BCUT2D eigenvalue weighted by molar-refractivity contribution is -0.124. The topological polar surface area (TPSA) is 63.4 Å². The second kappa shape index (κ2) is 4.47. The summed E-state index contributed by atoms with van der Waals surface area (Å²) < 4.78 is 0. The summed E-state index contributed by atoms with van der Waals surface area (Å²) in [5, 5.41) is -0.114. The van der Waals surface area contributed by atoms with Crippen LogP contribution in [0.15, 0.2) is 0 Å². The number of carbonyl (C=O) groups excluding carboxylic acids is 2. The van der Waals surface area contributed by atoms with E-state index in [0.717, 1.165) is 24.6 Å². The van der Waals surface area contributed by atoms with Crippen molar-refractivity contribution in [2.24, 2.45) is 5.73 Å². The van der Waals surface area contributed by atoms with Crippen molar-refractivity contribution in [2.45, 2.75) is 12.8 Å². The molecule has 0 radical (unpaired) electrons. The van der Waals surface area contributed by atoms with E-state index >= 15 is 0 Å². The summed E-state index contributed by atoms with van der Waals surface area (Å²) in [5.41, 5.74) is 5.29. The van der Waals surface area contributed by atoms with Gasteiger partial charge < -0.3 is 5.73 Å². The van der Waals surface area contributed by atoms with Crippen molar-refractivity contribution in [2.75, 3.05) is 18.8 Å². The molecular weight excluding hydrogens is 176 g/mol. The number of unbranched alkanes of at least 4 members (excludes halogenated alkanes) is 1. The molecular formula is C7H12N2O2S. The summed E-state index contributed by atoms with van der Waals surface area (Å²) in [6.07, 6.45) is 1.68. The average Bonchev–Trinajstić information content (AvgIpc) is 2.35. The summed E-state index contributed by atoms with van der Waals surface area (Å²) >= 11 is 1.08. The van der Waals surface area contributed by atoms with Crippen LogP contribution in [0.3, 0.4) is 0 Å². The third kappa shape index (κ3) is 2.22. The smallest absolute Gasteiger partial charge is 0.288 e. The summed E-state index contributed by atoms with van der Waals surface area (Å²) in [6.45, 7) is 1.14. The molecule has 2 amide bonds. The van der Waals surface area contributed by atoms with Crippen molar-refractivity contribution >= 4 is 22.9 Å². The first-order valence-corrected chi connectivity index (χ1v) is 4.91. The Bertz CT molecular complexity index is 180. The molecule has 68 valence electrons. The minimum atomic E-state index is -0.114. The van der Waals surface area contributed by atoms with Gasteiger partial charge in [0, 0.05) is 6.54 Å². The Balaban J connectivity index is 2.30. The standard InChI is InChI=1S/C7H12N2O2S/c8-3-1-2-4-9-6(10)5-12-7(9)11/h1-5,8H2. The van der Waals surface area contributed by atoms with E-state index in [1.165, 1.54) is 4.90 Å². The molecule has 0 aromatic rings. The molecule has 2 N–H and O–H groups in total. The van der Waals surface area contributed by atoms with E-state index in [2.05, 4.69) is 0 Å². The Kier molecular flexibility index (Phi) is 3.55. The molecule has 0 bridgehead atoms. The Labute approximate surface area is 75.5 Å². The zero-order valence-corrected chi connectivity index (χ0v) is 7.60. The largest absolute Gasteiger partial charge is 0.330 e. The number of nitrogens with two attached hydrogens (primary N) is 1. The molecule has 1 aliphatic rings. The van der Waals surface area contributed by atoms with Gasteiger partial charge >= 0.3 is 0 Å². The van der Waals surface area contributed by atoms with E-state index in [4.69, 9.17) is 5.73 Å². The van der Waals surface area contributed by atoms with Crippen LogP contribution >= 0.6 is 11.8 Å². The van der Waals surface area contributed by atoms with Crippen LogP contribution in [0.4, 0.5) is 4.79 Å². The van der Waals surface area contributed by atoms with Gasteiger partial charge in [-0.25, -0.2) is 0 Å². The fourth-order valence-corrected chi connectivity index (χ4v) is 1.76. The highest BCUT2D eigenvalue weighted by Crippen LogP contribution is 2.18. The lowest BCUT2D eigenvalue weighted by Gasteiger charge is -2.11. The van der Waals surface area contributed by atoms with Gasteiger partial charge in [0.1, 0.15) is 0 Å². The summed E-state index contributed by atoms with van der Waals surface area (Å²) in [7, 11) is 0. The van der Waals surface area contributed by atoms with Crippen molar-refractivity contribution in [3.8, 4) is 0 Å². The van der Waals surface area contributed by atoms with E-state index in [0.29, 0.717) is 18.8 Å². The van der Waals surface area contributed by atoms with Crippen molar-refractivity contribution in [3.63, 3.8) is 0 Å². The van der Waals surface area contributed by atoms with Crippen molar-refractivity contribution in [3.05, 3.63) is 0 Å². The number of carbonyl (C=O) groups is 2. The molecule has 0 saturated carbocycles. The van der Waals surface area contributed by atoms with Gasteiger partial charge in [0.15, 0.2) is 0 Å². The maximum Gasteiger partial charge on any atom is 0.288 e. The Morgan fingerprint density at radius 3 is 2.67 bits per heavy atom. The highest BCUT2D eigenvalue weighted by molar-refractivity contribution is 8.14. The number of rotatable bonds is 4. The van der Waals surface area contributed by atoms with Crippen molar-refractivity contribution in [1.82, 2.24) is 4.90 Å². The first kappa shape index (κ1) is 9.54. The predicted molar refractivity (Wildman–Crippen MR) is 47.9 cm³/mol. The molecule has 0 aromatic heterocycles. The molecule has 1 heterocycles. The molecule has 1 rings (SSSR count). The van der Waals surface area contributed by atoms with Crippen LogP contribution < -0.4 is 5.73 Å². The Morgan fingerprint density at radius 1 is 1.42 bits per heavy atom. The number of hydrogen-bond donors (Lipinski definition) is 1. The van der Waals surface area contributed by atoms with Crippen molar-refractivity contribution in [1.29, 1.82) is 0 Å². The monoisotopic (exact) mass is 188 g/mol. The molecule has 4 nitrogen and oxygen atoms in total. The first-order valence-electron chi connectivity index (χ1n) is 3.93. The Hall–Kier alpha value is -0.550. The normalized spacial score (nSPS) is 17.6. The van der Waals surface area contributed by atoms with Gasteiger partial charge in [0.05, 0.1) is 5.75 Å². The Morgan fingerprint density at radius 2 is 2.17 bits per heavy atom. The quantitative estimate of drug-likeness (QED) is 0.649. The zero-order valence-electron chi connectivity index (χ0n) is 6.78. The zero-order chi connectivity index (χ0) is 8.97. The third-order valence-corrected chi connectivity index (χ3v) is 2.54. The van der Waals surface area contributed by atoms with Crippen LogP contribution in [-0.2, 0) is 4.79 Å². The number of imide groups is 1. The highest BCUT2D eigenvalue weighted by atomic mass is 32.2. The van der Waals surface area contributed by atoms with E-state index in [9.17, 15) is 9.59 Å². The summed E-state index contributed by atoms with van der Waals surface area (Å²) in [6, 6.07) is 0. The molecule has 1 saturated heterocycles. The number of amides is 2. The van der Waals surface area contributed by atoms with Crippen LogP contribution in [-0.4, -0.2) is 34.9 Å². The minimum absolute atomic E-state index is 0.0676. The first-order chi connectivity index (χ1) is 5.75. The van der Waals surface area contributed by atoms with Crippen LogP contribution in [0, 0.1) is 0 Å². The maximum atomic E-state index is 11.0. The van der Waals surface area contributed by atoms with Gasteiger partial charge in [0.2, 0.25) is 5.91 Å². The van der Waals surface area contributed by atoms with Crippen LogP contribution in [0.5, 0.6) is 0 Å². The minimum Gasteiger partial charge on any atom is -0.330 e. The molecule has 0 atom stereocenters. The SMILES string of the molecule is NCCCCN1C(=O)CSC1=O. The van der Waals surface area contributed by atoms with Gasteiger partial charge in [-0.05, 0) is 19.4 Å². The van der Waals surface area contributed by atoms with Gasteiger partial charge in [-0.15, -0.1) is 0 Å². The summed E-state index contributed by atoms with van der Waals surface area (Å²) in [5.74, 6) is 0.239. The van der Waals surface area contributed by atoms with Crippen molar-refractivity contribution < 1.29 is 9.59 Å². The lowest BCUT2D eigenvalue weighted by Crippen LogP contribution is -2.29. The van der Waals surface area contributed by atoms with Gasteiger partial charge in [-0.1, -0.05) is 11.8 Å². The van der Waals surface area contributed by atoms with Crippen LogP contribution in [0.1, 0.15) is 12.8 Å². The highest BCUT2D eigenvalue weighted by Gasteiger charge is 2.28. The molecule has 0 spiro atoms. The van der Waals surface area contributed by atoms with E-state index in [1.54, 1.807) is 0 Å². The average molecular weight is 188 g/mol. The summed E-state index contributed by atoms with van der Waals surface area (Å²) in [4.78, 5) is 23.4. The van der Waals surface area contributed by atoms with E-state index in [1.807, 2.05) is 0 Å². The second-order valence-electron chi connectivity index (χ2n) is 2.60. The third-order valence-electron chi connectivity index (χ3n) is 1.68. The van der Waals surface area contributed by atoms with Crippen LogP contribution in [0.25, 0.3) is 0 Å². The molecule has 0 aromatic carbocycles. The fraction of sp³-hybridized carbons (Fsp3) is 0.714. The number of hydrogen-bond acceptors (Lipinski definition) is 4. The molecule has 1 fully saturated rings. The predicted octanol–water partition coefficient (Wildman–Crippen LogP) is 0.421. The van der Waals surface area contributed by atoms with E-state index in [-0.39, 0.29) is 11.1 Å². The molecule has 1 aliphatic heterocycles.